The van der Waals surface area contributed by atoms with Crippen molar-refractivity contribution in [3.8, 4) is 11.5 Å². The number of benzene rings is 2. The zero-order chi connectivity index (χ0) is 17.5. The molecule has 128 valence electrons. The van der Waals surface area contributed by atoms with E-state index in [0.717, 1.165) is 5.69 Å². The summed E-state index contributed by atoms with van der Waals surface area (Å²) in [4.78, 5) is 12.2. The van der Waals surface area contributed by atoms with E-state index in [2.05, 4.69) is 15.4 Å². The Morgan fingerprint density at radius 1 is 1.08 bits per heavy atom. The number of nitrogens with one attached hydrogen (secondary N) is 2. The molecule has 5 nitrogen and oxygen atoms in total. The van der Waals surface area contributed by atoms with E-state index in [4.69, 9.17) is 4.74 Å². The fraction of sp³-hybridized carbons (Fsp3) is 0.235. The van der Waals surface area contributed by atoms with Gasteiger partial charge in [-0.25, -0.2) is 0 Å². The maximum absolute atomic E-state index is 12.4. The number of anilines is 2. The van der Waals surface area contributed by atoms with Gasteiger partial charge in [0.15, 0.2) is 0 Å². The van der Waals surface area contributed by atoms with E-state index in [9.17, 15) is 13.6 Å². The average molecular weight is 336 g/mol. The lowest BCUT2D eigenvalue weighted by molar-refractivity contribution is -0.116. The molecule has 0 aliphatic rings. The van der Waals surface area contributed by atoms with Gasteiger partial charge < -0.3 is 20.1 Å². The SMILES string of the molecule is COc1ccc(NC(C)C(=O)Nc2ccccc2OC(F)F)cc1. The topological polar surface area (TPSA) is 59.6 Å². The van der Waals surface area contributed by atoms with Gasteiger partial charge in [0.1, 0.15) is 17.5 Å². The minimum absolute atomic E-state index is 0.0857. The molecule has 0 aliphatic carbocycles. The highest BCUT2D eigenvalue weighted by atomic mass is 19.3. The molecule has 0 heterocycles. The third kappa shape index (κ3) is 4.84. The first-order valence-corrected chi connectivity index (χ1v) is 7.25. The third-order valence-corrected chi connectivity index (χ3v) is 3.23. The van der Waals surface area contributed by atoms with E-state index in [1.54, 1.807) is 50.4 Å². The normalized spacial score (nSPS) is 11.7. The van der Waals surface area contributed by atoms with Gasteiger partial charge in [-0.1, -0.05) is 12.1 Å². The van der Waals surface area contributed by atoms with Crippen LogP contribution in [0.25, 0.3) is 0 Å². The molecular formula is C17H18F2N2O3. The van der Waals surface area contributed by atoms with E-state index in [1.807, 2.05) is 0 Å². The highest BCUT2D eigenvalue weighted by Gasteiger charge is 2.16. The Labute approximate surface area is 138 Å². The van der Waals surface area contributed by atoms with Crippen LogP contribution in [0.4, 0.5) is 20.2 Å². The second kappa shape index (κ2) is 8.14. The van der Waals surface area contributed by atoms with Crippen LogP contribution in [-0.2, 0) is 4.79 Å². The number of hydrogen-bond acceptors (Lipinski definition) is 4. The summed E-state index contributed by atoms with van der Waals surface area (Å²) in [5.74, 6) is 0.240. The monoisotopic (exact) mass is 336 g/mol. The van der Waals surface area contributed by atoms with Crippen LogP contribution in [-0.4, -0.2) is 25.7 Å². The standard InChI is InChI=1S/C17H18F2N2O3/c1-11(20-12-7-9-13(23-2)10-8-12)16(22)21-14-5-3-4-6-15(14)24-17(18)19/h3-11,17,20H,1-2H3,(H,21,22). The van der Waals surface area contributed by atoms with Gasteiger partial charge in [0, 0.05) is 5.69 Å². The third-order valence-electron chi connectivity index (χ3n) is 3.23. The van der Waals surface area contributed by atoms with Crippen LogP contribution in [0.15, 0.2) is 48.5 Å². The minimum atomic E-state index is -2.96. The molecule has 24 heavy (non-hydrogen) atoms. The Bertz CT molecular complexity index is 678. The van der Waals surface area contributed by atoms with Gasteiger partial charge in [-0.2, -0.15) is 8.78 Å². The predicted octanol–water partition coefficient (Wildman–Crippen LogP) is 3.74. The summed E-state index contributed by atoms with van der Waals surface area (Å²) in [6.07, 6.45) is 0. The first kappa shape index (κ1) is 17.5. The number of alkyl halides is 2. The van der Waals surface area contributed by atoms with Crippen molar-refractivity contribution in [1.82, 2.24) is 0 Å². The quantitative estimate of drug-likeness (QED) is 0.809. The van der Waals surface area contributed by atoms with Crippen molar-refractivity contribution in [2.45, 2.75) is 19.6 Å². The first-order valence-electron chi connectivity index (χ1n) is 7.25. The van der Waals surface area contributed by atoms with Crippen molar-refractivity contribution in [1.29, 1.82) is 0 Å². The van der Waals surface area contributed by atoms with Crippen molar-refractivity contribution in [2.75, 3.05) is 17.7 Å². The summed E-state index contributed by atoms with van der Waals surface area (Å²) in [5.41, 5.74) is 0.918. The molecule has 7 heteroatoms. The van der Waals surface area contributed by atoms with Crippen LogP contribution >= 0.6 is 0 Å². The fourth-order valence-electron chi connectivity index (χ4n) is 2.01. The molecule has 0 aliphatic heterocycles. The highest BCUT2D eigenvalue weighted by Crippen LogP contribution is 2.25. The molecule has 0 saturated heterocycles. The molecule has 0 bridgehead atoms. The number of rotatable bonds is 7. The number of carbonyl (C=O) groups is 1. The number of para-hydroxylation sites is 2. The van der Waals surface area contributed by atoms with Gasteiger partial charge in [-0.15, -0.1) is 0 Å². The molecule has 0 spiro atoms. The summed E-state index contributed by atoms with van der Waals surface area (Å²) in [5, 5.41) is 5.59. The molecule has 2 aromatic carbocycles. The van der Waals surface area contributed by atoms with Crippen LogP contribution in [0, 0.1) is 0 Å². The van der Waals surface area contributed by atoms with Crippen LogP contribution in [0.5, 0.6) is 11.5 Å². The molecule has 2 aromatic rings. The first-order chi connectivity index (χ1) is 11.5. The predicted molar refractivity (Wildman–Crippen MR) is 87.8 cm³/mol. The van der Waals surface area contributed by atoms with Gasteiger partial charge in [0.2, 0.25) is 5.91 Å². The molecule has 0 aromatic heterocycles. The van der Waals surface area contributed by atoms with E-state index in [1.165, 1.54) is 12.1 Å². The Balaban J connectivity index is 2.01. The second-order valence-corrected chi connectivity index (χ2v) is 4.96. The average Bonchev–Trinajstić information content (AvgIpc) is 2.56. The number of amides is 1. The van der Waals surface area contributed by atoms with Crippen LogP contribution in [0.2, 0.25) is 0 Å². The second-order valence-electron chi connectivity index (χ2n) is 4.96. The van der Waals surface area contributed by atoms with Gasteiger partial charge in [-0.05, 0) is 43.3 Å². The van der Waals surface area contributed by atoms with Gasteiger partial charge in [-0.3, -0.25) is 4.79 Å². The number of hydrogen-bond donors (Lipinski definition) is 2. The maximum Gasteiger partial charge on any atom is 0.387 e. The minimum Gasteiger partial charge on any atom is -0.497 e. The molecule has 0 radical (unpaired) electrons. The van der Waals surface area contributed by atoms with Crippen molar-refractivity contribution < 1.29 is 23.0 Å². The number of carbonyl (C=O) groups excluding carboxylic acids is 1. The lowest BCUT2D eigenvalue weighted by Gasteiger charge is -2.17. The van der Waals surface area contributed by atoms with Gasteiger partial charge >= 0.3 is 6.61 Å². The number of halogens is 2. The van der Waals surface area contributed by atoms with Crippen molar-refractivity contribution in [3.63, 3.8) is 0 Å². The summed E-state index contributed by atoms with van der Waals surface area (Å²) < 4.78 is 34.2. The molecule has 0 saturated carbocycles. The highest BCUT2D eigenvalue weighted by molar-refractivity contribution is 5.97. The zero-order valence-corrected chi connectivity index (χ0v) is 13.3. The van der Waals surface area contributed by atoms with Gasteiger partial charge in [0.05, 0.1) is 12.8 Å². The lowest BCUT2D eigenvalue weighted by Crippen LogP contribution is -2.32. The summed E-state index contributed by atoms with van der Waals surface area (Å²) >= 11 is 0. The lowest BCUT2D eigenvalue weighted by atomic mass is 10.2. The van der Waals surface area contributed by atoms with Crippen LogP contribution < -0.4 is 20.1 Å². The molecule has 1 amide bonds. The Morgan fingerprint density at radius 3 is 2.38 bits per heavy atom. The molecule has 2 N–H and O–H groups in total. The summed E-state index contributed by atoms with van der Waals surface area (Å²) in [6.45, 7) is -1.30. The molecule has 2 rings (SSSR count). The van der Waals surface area contributed by atoms with Crippen molar-refractivity contribution in [2.24, 2.45) is 0 Å². The van der Waals surface area contributed by atoms with E-state index in [0.29, 0.717) is 5.75 Å². The Morgan fingerprint density at radius 2 is 1.75 bits per heavy atom. The maximum atomic E-state index is 12.4. The molecular weight excluding hydrogens is 318 g/mol. The zero-order valence-electron chi connectivity index (χ0n) is 13.3. The fourth-order valence-corrected chi connectivity index (χ4v) is 2.01. The molecule has 1 atom stereocenters. The largest absolute Gasteiger partial charge is 0.497 e. The van der Waals surface area contributed by atoms with E-state index in [-0.39, 0.29) is 17.3 Å². The van der Waals surface area contributed by atoms with Crippen LogP contribution in [0.1, 0.15) is 6.92 Å². The van der Waals surface area contributed by atoms with Gasteiger partial charge in [0.25, 0.3) is 0 Å². The molecule has 0 fully saturated rings. The van der Waals surface area contributed by atoms with Crippen LogP contribution in [0.3, 0.4) is 0 Å². The van der Waals surface area contributed by atoms with Crippen molar-refractivity contribution in [3.05, 3.63) is 48.5 Å². The van der Waals surface area contributed by atoms with E-state index < -0.39 is 12.7 Å². The Kier molecular flexibility index (Phi) is 5.95. The number of ether oxygens (including phenoxy) is 2. The van der Waals surface area contributed by atoms with Crippen molar-refractivity contribution >= 4 is 17.3 Å². The smallest absolute Gasteiger partial charge is 0.387 e. The Hall–Kier alpha value is -2.83. The summed E-state index contributed by atoms with van der Waals surface area (Å²) in [7, 11) is 1.57. The number of methoxy groups -OCH3 is 1. The van der Waals surface area contributed by atoms with E-state index >= 15 is 0 Å². The summed E-state index contributed by atoms with van der Waals surface area (Å²) in [6, 6.07) is 12.5. The molecule has 1 unspecified atom stereocenters.